The number of hydrogen-bond donors (Lipinski definition) is 2. The minimum absolute atomic E-state index is 0.0653. The summed E-state index contributed by atoms with van der Waals surface area (Å²) in [6.07, 6.45) is 7.96. The number of likely N-dealkylation sites (tertiary alicyclic amines) is 1. The molecule has 7 rings (SSSR count). The number of amides is 2. The zero-order valence-electron chi connectivity index (χ0n) is 33.6. The van der Waals surface area contributed by atoms with E-state index < -0.39 is 45.4 Å². The van der Waals surface area contributed by atoms with Gasteiger partial charge in [0, 0.05) is 56.8 Å². The van der Waals surface area contributed by atoms with Gasteiger partial charge >= 0.3 is 10.2 Å². The number of nitrogens with zero attached hydrogens (tertiary/aromatic N) is 4. The zero-order valence-corrected chi connectivity index (χ0v) is 35.2. The lowest BCUT2D eigenvalue weighted by atomic mass is 9.68. The Hall–Kier alpha value is -3.34. The normalized spacial score (nSPS) is 29.4. The summed E-state index contributed by atoms with van der Waals surface area (Å²) in [7, 11) is -2.78. The highest BCUT2D eigenvalue weighted by Crippen LogP contribution is 2.48. The van der Waals surface area contributed by atoms with Crippen LogP contribution in [0.25, 0.3) is 0 Å². The molecule has 3 aliphatic heterocycles. The monoisotopic (exact) mass is 847 g/mol. The van der Waals surface area contributed by atoms with Gasteiger partial charge in [0.1, 0.15) is 5.75 Å². The molecule has 2 bridgehead atoms. The summed E-state index contributed by atoms with van der Waals surface area (Å²) in [5, 5.41) is 13.1. The second-order valence-corrected chi connectivity index (χ2v) is 18.9. The average Bonchev–Trinajstić information content (AvgIpc) is 3.30. The minimum atomic E-state index is -4.35. The highest BCUT2D eigenvalue weighted by Gasteiger charge is 2.48. The van der Waals surface area contributed by atoms with Crippen molar-refractivity contribution in [3.05, 3.63) is 70.3 Å². The predicted molar refractivity (Wildman–Crippen MR) is 217 cm³/mol. The van der Waals surface area contributed by atoms with Crippen molar-refractivity contribution < 1.29 is 41.4 Å². The van der Waals surface area contributed by atoms with E-state index in [0.29, 0.717) is 55.7 Å². The van der Waals surface area contributed by atoms with Crippen LogP contribution < -0.4 is 14.4 Å². The quantitative estimate of drug-likeness (QED) is 0.340. The summed E-state index contributed by atoms with van der Waals surface area (Å²) in [5.41, 5.74) is 0.0490. The lowest BCUT2D eigenvalue weighted by Crippen LogP contribution is -2.57. The third kappa shape index (κ3) is 8.76. The van der Waals surface area contributed by atoms with Crippen molar-refractivity contribution in [2.45, 2.75) is 81.8 Å². The van der Waals surface area contributed by atoms with Gasteiger partial charge in [-0.25, -0.2) is 13.5 Å². The van der Waals surface area contributed by atoms with E-state index >= 15 is 0 Å². The summed E-state index contributed by atoms with van der Waals surface area (Å²) >= 11 is 6.48. The first-order valence-electron chi connectivity index (χ1n) is 20.5. The molecule has 2 aromatic carbocycles. The molecule has 318 valence electrons. The van der Waals surface area contributed by atoms with E-state index in [-0.39, 0.29) is 56.2 Å². The summed E-state index contributed by atoms with van der Waals surface area (Å²) in [6, 6.07) is 10.9. The Balaban J connectivity index is 1.28. The number of anilines is 1. The number of benzene rings is 2. The number of ether oxygens (including phenoxy) is 2. The molecule has 0 radical (unpaired) electrons. The van der Waals surface area contributed by atoms with Crippen LogP contribution in [0.3, 0.4) is 0 Å². The second kappa shape index (κ2) is 17.0. The van der Waals surface area contributed by atoms with E-state index in [1.54, 1.807) is 37.9 Å². The molecule has 0 aromatic heterocycles. The third-order valence-electron chi connectivity index (χ3n) is 12.9. The summed E-state index contributed by atoms with van der Waals surface area (Å²) < 4.78 is 70.1. The number of nitrogens with one attached hydrogen (secondary N) is 1. The van der Waals surface area contributed by atoms with Crippen LogP contribution in [0.15, 0.2) is 48.6 Å². The molecule has 58 heavy (non-hydrogen) atoms. The second-order valence-electron chi connectivity index (χ2n) is 16.8. The number of alkyl halides is 2. The molecule has 2 aromatic rings. The van der Waals surface area contributed by atoms with Crippen LogP contribution in [0, 0.1) is 11.8 Å². The van der Waals surface area contributed by atoms with Crippen LogP contribution in [0.5, 0.6) is 5.75 Å². The van der Waals surface area contributed by atoms with Crippen molar-refractivity contribution in [2.75, 3.05) is 77.5 Å². The highest BCUT2D eigenvalue weighted by atomic mass is 35.5. The maximum Gasteiger partial charge on any atom is 0.303 e. The van der Waals surface area contributed by atoms with Crippen LogP contribution in [0.2, 0.25) is 5.02 Å². The largest absolute Gasteiger partial charge is 0.490 e. The lowest BCUT2D eigenvalue weighted by molar-refractivity contribution is -0.148. The van der Waals surface area contributed by atoms with Crippen molar-refractivity contribution in [2.24, 2.45) is 11.8 Å². The molecular formula is C42H56ClF2N5O7S. The molecule has 1 saturated carbocycles. The average molecular weight is 848 g/mol. The van der Waals surface area contributed by atoms with Crippen molar-refractivity contribution in [1.29, 1.82) is 0 Å². The van der Waals surface area contributed by atoms with Crippen molar-refractivity contribution in [1.82, 2.24) is 18.8 Å². The van der Waals surface area contributed by atoms with Gasteiger partial charge in [-0.1, -0.05) is 49.7 Å². The number of fused-ring (bicyclic) bond motifs is 4. The van der Waals surface area contributed by atoms with Gasteiger partial charge in [-0.2, -0.15) is 12.7 Å². The SMILES string of the molecule is CCN(CC)S(=O)(=O)NC(=O)[C@@]1(O)CC(=O)N(C)CC/C=C/[C@H](OCCN2CC(F)(F)C2)[C@@H]2CC[C@H]2CN2C[C@@]3(CCCc4cc(Cl)ccc43)COc3ccc1cc32. The molecule has 0 unspecified atom stereocenters. The summed E-state index contributed by atoms with van der Waals surface area (Å²) in [6.45, 7) is 5.45. The van der Waals surface area contributed by atoms with E-state index in [0.717, 1.165) is 36.4 Å². The number of aryl methyl sites for hydroxylation is 1. The van der Waals surface area contributed by atoms with Gasteiger partial charge in [-0.05, 0) is 91.3 Å². The number of rotatable bonds is 9. The summed E-state index contributed by atoms with van der Waals surface area (Å²) in [5.74, 6) is -3.60. The fraction of sp³-hybridized carbons (Fsp3) is 0.619. The minimum Gasteiger partial charge on any atom is -0.490 e. The third-order valence-corrected chi connectivity index (χ3v) is 14.8. The van der Waals surface area contributed by atoms with Crippen molar-refractivity contribution >= 4 is 39.3 Å². The molecule has 5 aliphatic rings. The zero-order chi connectivity index (χ0) is 41.5. The maximum atomic E-state index is 14.2. The molecule has 1 spiro atoms. The van der Waals surface area contributed by atoms with Crippen molar-refractivity contribution in [3.63, 3.8) is 0 Å². The number of aliphatic hydroxyl groups is 1. The molecule has 2 fully saturated rings. The molecule has 12 nitrogen and oxygen atoms in total. The van der Waals surface area contributed by atoms with Crippen LogP contribution in [-0.4, -0.2) is 124 Å². The van der Waals surface area contributed by atoms with E-state index in [4.69, 9.17) is 21.1 Å². The number of hydrogen-bond acceptors (Lipinski definition) is 9. The first kappa shape index (κ1) is 42.8. The van der Waals surface area contributed by atoms with Gasteiger partial charge < -0.3 is 24.4 Å². The smallest absolute Gasteiger partial charge is 0.303 e. The van der Waals surface area contributed by atoms with Gasteiger partial charge in [0.2, 0.25) is 5.91 Å². The lowest BCUT2D eigenvalue weighted by Gasteiger charge is -2.46. The first-order chi connectivity index (χ1) is 27.6. The standard InChI is InChI=1S/C42H56ClF2N5O7S/c1-4-50(5-2)58(54,55)46-39(52)42(53)23-38(51)47(3)18-7-6-10-36(56-20-19-48-26-41(44,45)27-48)33-14-11-30(33)24-49-25-40(28-57-37-16-12-31(42)22-35(37)49)17-8-9-29-21-32(43)13-15-34(29)40/h6,10,12-13,15-16,21-22,30,33,36,53H,4-5,7-9,11,14,17-20,23-28H2,1-3H3,(H,46,52)/b10-6+/t30-,33+,36-,40-,42+/m0/s1. The Labute approximate surface area is 345 Å². The highest BCUT2D eigenvalue weighted by molar-refractivity contribution is 7.87. The Kier molecular flexibility index (Phi) is 12.5. The van der Waals surface area contributed by atoms with E-state index in [2.05, 4.69) is 15.7 Å². The van der Waals surface area contributed by atoms with Gasteiger partial charge in [0.05, 0.1) is 44.5 Å². The van der Waals surface area contributed by atoms with Gasteiger partial charge in [-0.15, -0.1) is 0 Å². The molecule has 1 saturated heterocycles. The maximum absolute atomic E-state index is 14.2. The van der Waals surface area contributed by atoms with E-state index in [1.165, 1.54) is 22.1 Å². The van der Waals surface area contributed by atoms with Gasteiger partial charge in [0.25, 0.3) is 11.8 Å². The topological polar surface area (TPSA) is 132 Å². The van der Waals surface area contributed by atoms with Crippen LogP contribution in [0.4, 0.5) is 14.5 Å². The molecule has 3 heterocycles. The first-order valence-corrected chi connectivity index (χ1v) is 22.4. The van der Waals surface area contributed by atoms with Crippen molar-refractivity contribution in [3.8, 4) is 5.75 Å². The molecule has 2 aliphatic carbocycles. The van der Waals surface area contributed by atoms with Gasteiger partial charge in [0.15, 0.2) is 5.60 Å². The Morgan fingerprint density at radius 2 is 1.90 bits per heavy atom. The fourth-order valence-electron chi connectivity index (χ4n) is 9.43. The number of carbonyl (C=O) groups is 2. The van der Waals surface area contributed by atoms with Crippen LogP contribution >= 0.6 is 11.6 Å². The number of halogens is 3. The Morgan fingerprint density at radius 3 is 2.60 bits per heavy atom. The van der Waals surface area contributed by atoms with E-state index in [1.807, 2.05) is 24.3 Å². The number of carbonyl (C=O) groups excluding carboxylic acids is 2. The molecule has 2 N–H and O–H groups in total. The van der Waals surface area contributed by atoms with E-state index in [9.17, 15) is 31.9 Å². The molecule has 5 atom stereocenters. The van der Waals surface area contributed by atoms with Crippen LogP contribution in [0.1, 0.15) is 69.1 Å². The van der Waals surface area contributed by atoms with Gasteiger partial charge in [-0.3, -0.25) is 14.5 Å². The van der Waals surface area contributed by atoms with Crippen LogP contribution in [-0.2, 0) is 42.0 Å². The fourth-order valence-corrected chi connectivity index (χ4v) is 10.8. The summed E-state index contributed by atoms with van der Waals surface area (Å²) in [4.78, 5) is 33.4. The molecular weight excluding hydrogens is 792 g/mol. The Morgan fingerprint density at radius 1 is 1.12 bits per heavy atom. The Bertz CT molecular complexity index is 2000. The molecule has 16 heteroatoms. The predicted octanol–water partition coefficient (Wildman–Crippen LogP) is 4.87. The molecule has 2 amide bonds.